The molecule has 3 N–H and O–H groups in total. The van der Waals surface area contributed by atoms with Crippen molar-refractivity contribution in [2.75, 3.05) is 25.4 Å². The number of hydrogen-bond donors (Lipinski definition) is 2. The number of allylic oxidation sites excluding steroid dienone is 1. The number of nitrogen functional groups attached to an aromatic ring is 1. The molecular formula is C18H24N4O5. The summed E-state index contributed by atoms with van der Waals surface area (Å²) in [7, 11) is 0. The highest BCUT2D eigenvalue weighted by Crippen LogP contribution is 2.20. The van der Waals surface area contributed by atoms with Crippen LogP contribution in [0.2, 0.25) is 0 Å². The summed E-state index contributed by atoms with van der Waals surface area (Å²) in [6.45, 7) is 5.65. The maximum atomic E-state index is 12.4. The molecule has 0 saturated carbocycles. The standard InChI is InChI=1S/C18H24N4O5/c1-18(2,3)27-16(24)13-6-7-20-15(19)12(13)5-4-8-21-9-10-22(17(25)26)11-14(21)23/h4,6-8H,5,9-11H2,1-3H3,(H2,19,20)(H,25,26). The van der Waals surface area contributed by atoms with Gasteiger partial charge in [-0.3, -0.25) is 9.69 Å². The summed E-state index contributed by atoms with van der Waals surface area (Å²) in [5, 5.41) is 8.93. The third-order valence-electron chi connectivity index (χ3n) is 3.84. The molecule has 1 aliphatic rings. The SMILES string of the molecule is CC(C)(C)OC(=O)c1ccnc(N)c1CC=CN1CCN(C(=O)O)CC1=O. The van der Waals surface area contributed by atoms with Gasteiger partial charge in [0.25, 0.3) is 0 Å². The molecule has 2 heterocycles. The minimum absolute atomic E-state index is 0.183. The lowest BCUT2D eigenvalue weighted by atomic mass is 10.1. The van der Waals surface area contributed by atoms with Gasteiger partial charge in [-0.1, -0.05) is 6.08 Å². The van der Waals surface area contributed by atoms with E-state index in [2.05, 4.69) is 4.98 Å². The van der Waals surface area contributed by atoms with Crippen molar-refractivity contribution in [2.24, 2.45) is 0 Å². The lowest BCUT2D eigenvalue weighted by molar-refractivity contribution is -0.132. The van der Waals surface area contributed by atoms with E-state index in [1.807, 2.05) is 0 Å². The molecular weight excluding hydrogens is 352 g/mol. The van der Waals surface area contributed by atoms with Crippen LogP contribution in [0.25, 0.3) is 0 Å². The van der Waals surface area contributed by atoms with E-state index in [1.165, 1.54) is 11.1 Å². The van der Waals surface area contributed by atoms with Crippen LogP contribution in [0.1, 0.15) is 36.7 Å². The first-order chi connectivity index (χ1) is 12.6. The van der Waals surface area contributed by atoms with Crippen molar-refractivity contribution in [3.8, 4) is 0 Å². The number of pyridine rings is 1. The molecule has 0 aliphatic carbocycles. The third-order valence-corrected chi connectivity index (χ3v) is 3.84. The van der Waals surface area contributed by atoms with E-state index in [9.17, 15) is 14.4 Å². The van der Waals surface area contributed by atoms with E-state index in [-0.39, 0.29) is 37.8 Å². The molecule has 1 aromatic rings. The Hall–Kier alpha value is -3.10. The Bertz CT molecular complexity index is 770. The highest BCUT2D eigenvalue weighted by atomic mass is 16.6. The van der Waals surface area contributed by atoms with Crippen molar-refractivity contribution in [3.05, 3.63) is 35.7 Å². The maximum absolute atomic E-state index is 12.4. The number of nitrogens with zero attached hydrogens (tertiary/aromatic N) is 3. The molecule has 9 heteroatoms. The van der Waals surface area contributed by atoms with Gasteiger partial charge in [-0.2, -0.15) is 0 Å². The molecule has 0 bridgehead atoms. The number of esters is 1. The topological polar surface area (TPSA) is 126 Å². The highest BCUT2D eigenvalue weighted by Gasteiger charge is 2.25. The fraction of sp³-hybridized carbons (Fsp3) is 0.444. The molecule has 0 spiro atoms. The Morgan fingerprint density at radius 1 is 1.37 bits per heavy atom. The number of anilines is 1. The van der Waals surface area contributed by atoms with Gasteiger partial charge in [0.15, 0.2) is 0 Å². The predicted octanol–water partition coefficient (Wildman–Crippen LogP) is 1.50. The summed E-state index contributed by atoms with van der Waals surface area (Å²) < 4.78 is 5.39. The first kappa shape index (κ1) is 20.2. The molecule has 1 fully saturated rings. The van der Waals surface area contributed by atoms with Crippen LogP contribution in [0.5, 0.6) is 0 Å². The monoisotopic (exact) mass is 376 g/mol. The molecule has 1 aromatic heterocycles. The number of hydrogen-bond acceptors (Lipinski definition) is 6. The summed E-state index contributed by atoms with van der Waals surface area (Å²) in [6, 6.07) is 1.55. The summed E-state index contributed by atoms with van der Waals surface area (Å²) >= 11 is 0. The molecule has 1 saturated heterocycles. The van der Waals surface area contributed by atoms with E-state index in [0.29, 0.717) is 11.1 Å². The van der Waals surface area contributed by atoms with Crippen LogP contribution in [0.3, 0.4) is 0 Å². The normalized spacial score (nSPS) is 15.3. The molecule has 146 valence electrons. The van der Waals surface area contributed by atoms with Crippen molar-refractivity contribution >= 4 is 23.8 Å². The zero-order chi connectivity index (χ0) is 20.2. The maximum Gasteiger partial charge on any atom is 0.407 e. The van der Waals surface area contributed by atoms with Crippen LogP contribution < -0.4 is 5.73 Å². The first-order valence-corrected chi connectivity index (χ1v) is 8.49. The van der Waals surface area contributed by atoms with Gasteiger partial charge in [0.05, 0.1) is 5.56 Å². The van der Waals surface area contributed by atoms with Crippen LogP contribution >= 0.6 is 0 Å². The van der Waals surface area contributed by atoms with Gasteiger partial charge in [0.2, 0.25) is 5.91 Å². The first-order valence-electron chi connectivity index (χ1n) is 8.49. The summed E-state index contributed by atoms with van der Waals surface area (Å²) in [6.07, 6.45) is 3.87. The van der Waals surface area contributed by atoms with Gasteiger partial charge >= 0.3 is 12.1 Å². The molecule has 2 rings (SSSR count). The smallest absolute Gasteiger partial charge is 0.407 e. The van der Waals surface area contributed by atoms with Crippen molar-refractivity contribution in [2.45, 2.75) is 32.8 Å². The van der Waals surface area contributed by atoms with Crippen LogP contribution in [0.4, 0.5) is 10.6 Å². The molecule has 9 nitrogen and oxygen atoms in total. The van der Waals surface area contributed by atoms with Gasteiger partial charge in [0, 0.05) is 31.0 Å². The second kappa shape index (κ2) is 8.07. The molecule has 0 atom stereocenters. The number of piperazine rings is 1. The van der Waals surface area contributed by atoms with Crippen molar-refractivity contribution in [3.63, 3.8) is 0 Å². The Balaban J connectivity index is 2.09. The van der Waals surface area contributed by atoms with E-state index < -0.39 is 17.7 Å². The van der Waals surface area contributed by atoms with Crippen LogP contribution in [-0.2, 0) is 16.0 Å². The zero-order valence-corrected chi connectivity index (χ0v) is 15.6. The second-order valence-electron chi connectivity index (χ2n) is 7.10. The minimum atomic E-state index is -1.11. The lowest BCUT2D eigenvalue weighted by Crippen LogP contribution is -2.49. The number of ether oxygens (including phenoxy) is 1. The van der Waals surface area contributed by atoms with Gasteiger partial charge in [-0.05, 0) is 33.3 Å². The third kappa shape index (κ3) is 5.44. The summed E-state index contributed by atoms with van der Waals surface area (Å²) in [4.78, 5) is 41.8. The number of carbonyl (C=O) groups excluding carboxylic acids is 2. The van der Waals surface area contributed by atoms with Crippen molar-refractivity contribution < 1.29 is 24.2 Å². The number of carbonyl (C=O) groups is 3. The number of nitrogens with two attached hydrogens (primary N) is 1. The fourth-order valence-corrected chi connectivity index (χ4v) is 2.55. The minimum Gasteiger partial charge on any atom is -0.465 e. The summed E-state index contributed by atoms with van der Waals surface area (Å²) in [5.41, 5.74) is 6.11. The number of aromatic nitrogens is 1. The van der Waals surface area contributed by atoms with Gasteiger partial charge < -0.3 is 20.5 Å². The van der Waals surface area contributed by atoms with Gasteiger partial charge in [-0.25, -0.2) is 14.6 Å². The Morgan fingerprint density at radius 3 is 2.67 bits per heavy atom. The molecule has 27 heavy (non-hydrogen) atoms. The quantitative estimate of drug-likeness (QED) is 0.763. The highest BCUT2D eigenvalue weighted by molar-refractivity contribution is 5.92. The van der Waals surface area contributed by atoms with Gasteiger partial charge in [-0.15, -0.1) is 0 Å². The molecule has 1 aliphatic heterocycles. The zero-order valence-electron chi connectivity index (χ0n) is 15.6. The van der Waals surface area contributed by atoms with Crippen LogP contribution in [-0.4, -0.2) is 63.1 Å². The van der Waals surface area contributed by atoms with E-state index in [1.54, 1.807) is 39.1 Å². The molecule has 0 radical (unpaired) electrons. The lowest BCUT2D eigenvalue weighted by Gasteiger charge is -2.30. The number of amides is 2. The predicted molar refractivity (Wildman–Crippen MR) is 98.0 cm³/mol. The molecule has 0 unspecified atom stereocenters. The average molecular weight is 376 g/mol. The molecule has 0 aromatic carbocycles. The van der Waals surface area contributed by atoms with Gasteiger partial charge in [0.1, 0.15) is 18.0 Å². The van der Waals surface area contributed by atoms with E-state index in [4.69, 9.17) is 15.6 Å². The largest absolute Gasteiger partial charge is 0.465 e. The average Bonchev–Trinajstić information content (AvgIpc) is 2.55. The number of rotatable bonds is 4. The summed E-state index contributed by atoms with van der Waals surface area (Å²) in [5.74, 6) is -0.595. The van der Waals surface area contributed by atoms with E-state index >= 15 is 0 Å². The molecule has 2 amide bonds. The van der Waals surface area contributed by atoms with E-state index in [0.717, 1.165) is 4.90 Å². The Morgan fingerprint density at radius 2 is 2.07 bits per heavy atom. The van der Waals surface area contributed by atoms with Crippen molar-refractivity contribution in [1.29, 1.82) is 0 Å². The van der Waals surface area contributed by atoms with Crippen molar-refractivity contribution in [1.82, 2.24) is 14.8 Å². The fourth-order valence-electron chi connectivity index (χ4n) is 2.55. The Kier molecular flexibility index (Phi) is 6.04. The second-order valence-corrected chi connectivity index (χ2v) is 7.10. The number of carboxylic acid groups (broad SMARTS) is 1. The van der Waals surface area contributed by atoms with Crippen LogP contribution in [0, 0.1) is 0 Å². The van der Waals surface area contributed by atoms with Crippen LogP contribution in [0.15, 0.2) is 24.5 Å². The Labute approximate surface area is 157 Å².